The van der Waals surface area contributed by atoms with Gasteiger partial charge < -0.3 is 0 Å². The fourth-order valence-corrected chi connectivity index (χ4v) is 3.19. The standard InChI is InChI=1S/C21H20N2O4/c1-12-3-7-14(8-4-12)16(18-19(25)22-21(27)23-20(18)26)11-17(24)15-9-5-13(2)6-10-15/h3-10,16,18H,11H2,1-2H3,(H2,22,23,25,26,27). The average molecular weight is 364 g/mol. The Labute approximate surface area is 157 Å². The molecule has 4 amide bonds. The summed E-state index contributed by atoms with van der Waals surface area (Å²) < 4.78 is 0. The second kappa shape index (κ2) is 7.53. The number of imide groups is 2. The number of hydrogen-bond acceptors (Lipinski definition) is 4. The Kier molecular flexibility index (Phi) is 5.16. The van der Waals surface area contributed by atoms with Gasteiger partial charge in [0.1, 0.15) is 5.92 Å². The van der Waals surface area contributed by atoms with Crippen LogP contribution in [0.1, 0.15) is 39.4 Å². The number of ketones is 1. The third-order valence-electron chi connectivity index (χ3n) is 4.73. The molecule has 0 radical (unpaired) electrons. The second-order valence-corrected chi connectivity index (χ2v) is 6.80. The number of nitrogens with one attached hydrogen (secondary N) is 2. The Morgan fingerprint density at radius 2 is 1.33 bits per heavy atom. The van der Waals surface area contributed by atoms with Crippen LogP contribution in [0.4, 0.5) is 4.79 Å². The van der Waals surface area contributed by atoms with Gasteiger partial charge in [-0.15, -0.1) is 0 Å². The summed E-state index contributed by atoms with van der Waals surface area (Å²) in [5, 5.41) is 4.24. The van der Waals surface area contributed by atoms with Gasteiger partial charge in [-0.05, 0) is 19.4 Å². The van der Waals surface area contributed by atoms with Crippen molar-refractivity contribution in [2.24, 2.45) is 5.92 Å². The quantitative estimate of drug-likeness (QED) is 0.630. The third kappa shape index (κ3) is 4.11. The van der Waals surface area contributed by atoms with Gasteiger partial charge in [0.2, 0.25) is 11.8 Å². The van der Waals surface area contributed by atoms with Crippen LogP contribution in [0.2, 0.25) is 0 Å². The predicted molar refractivity (Wildman–Crippen MR) is 99.2 cm³/mol. The van der Waals surface area contributed by atoms with E-state index in [2.05, 4.69) is 10.6 Å². The molecule has 1 aliphatic rings. The van der Waals surface area contributed by atoms with Crippen molar-refractivity contribution in [2.75, 3.05) is 0 Å². The molecule has 2 N–H and O–H groups in total. The summed E-state index contributed by atoms with van der Waals surface area (Å²) in [7, 11) is 0. The molecule has 1 aliphatic heterocycles. The number of urea groups is 1. The van der Waals surface area contributed by atoms with Crippen molar-refractivity contribution in [2.45, 2.75) is 26.2 Å². The molecule has 0 bridgehead atoms. The van der Waals surface area contributed by atoms with Gasteiger partial charge in [-0.25, -0.2) is 4.79 Å². The van der Waals surface area contributed by atoms with E-state index in [1.807, 2.05) is 38.1 Å². The monoisotopic (exact) mass is 364 g/mol. The van der Waals surface area contributed by atoms with Crippen LogP contribution in [0.25, 0.3) is 0 Å². The number of carbonyl (C=O) groups excluding carboxylic acids is 4. The largest absolute Gasteiger partial charge is 0.328 e. The minimum atomic E-state index is -1.15. The lowest BCUT2D eigenvalue weighted by atomic mass is 9.79. The molecule has 6 heteroatoms. The molecule has 138 valence electrons. The number of barbiturate groups is 1. The summed E-state index contributed by atoms with van der Waals surface area (Å²) in [4.78, 5) is 48.9. The van der Waals surface area contributed by atoms with Gasteiger partial charge in [-0.2, -0.15) is 0 Å². The van der Waals surface area contributed by atoms with E-state index >= 15 is 0 Å². The number of amides is 4. The Bertz CT molecular complexity index is 881. The van der Waals surface area contributed by atoms with Crippen molar-refractivity contribution in [3.8, 4) is 0 Å². The summed E-state index contributed by atoms with van der Waals surface area (Å²) in [6, 6.07) is 13.6. The molecule has 2 aromatic carbocycles. The zero-order valence-electron chi connectivity index (χ0n) is 15.1. The van der Waals surface area contributed by atoms with E-state index in [-0.39, 0.29) is 12.2 Å². The van der Waals surface area contributed by atoms with E-state index in [0.29, 0.717) is 11.1 Å². The van der Waals surface area contributed by atoms with Crippen LogP contribution >= 0.6 is 0 Å². The molecule has 1 atom stereocenters. The van der Waals surface area contributed by atoms with E-state index in [1.54, 1.807) is 24.3 Å². The zero-order valence-corrected chi connectivity index (χ0v) is 15.1. The SMILES string of the molecule is Cc1ccc(C(=O)CC(c2ccc(C)cc2)C2C(=O)NC(=O)NC2=O)cc1. The molecule has 1 fully saturated rings. The van der Waals surface area contributed by atoms with Gasteiger partial charge in [-0.3, -0.25) is 25.0 Å². The number of rotatable bonds is 5. The Morgan fingerprint density at radius 3 is 1.85 bits per heavy atom. The molecule has 3 rings (SSSR count). The lowest BCUT2D eigenvalue weighted by Crippen LogP contribution is -2.57. The van der Waals surface area contributed by atoms with E-state index in [1.165, 1.54) is 0 Å². The first-order valence-corrected chi connectivity index (χ1v) is 8.67. The Balaban J connectivity index is 1.94. The van der Waals surface area contributed by atoms with Crippen LogP contribution in [-0.2, 0) is 9.59 Å². The van der Waals surface area contributed by atoms with E-state index < -0.39 is 29.7 Å². The maximum Gasteiger partial charge on any atom is 0.328 e. The molecular weight excluding hydrogens is 344 g/mol. The highest BCUT2D eigenvalue weighted by Crippen LogP contribution is 2.31. The van der Waals surface area contributed by atoms with E-state index in [0.717, 1.165) is 11.1 Å². The lowest BCUT2D eigenvalue weighted by Gasteiger charge is -2.28. The Hall–Kier alpha value is -3.28. The van der Waals surface area contributed by atoms with Crippen LogP contribution in [-0.4, -0.2) is 23.6 Å². The van der Waals surface area contributed by atoms with Crippen LogP contribution in [0.3, 0.4) is 0 Å². The highest BCUT2D eigenvalue weighted by molar-refractivity contribution is 6.17. The molecule has 2 aromatic rings. The summed E-state index contributed by atoms with van der Waals surface area (Å²) >= 11 is 0. The topological polar surface area (TPSA) is 92.3 Å². The van der Waals surface area contributed by atoms with Crippen molar-refractivity contribution in [1.82, 2.24) is 10.6 Å². The molecule has 27 heavy (non-hydrogen) atoms. The van der Waals surface area contributed by atoms with Crippen molar-refractivity contribution in [3.63, 3.8) is 0 Å². The number of hydrogen-bond donors (Lipinski definition) is 2. The van der Waals surface area contributed by atoms with Crippen molar-refractivity contribution in [3.05, 3.63) is 70.8 Å². The van der Waals surface area contributed by atoms with Crippen LogP contribution in [0.5, 0.6) is 0 Å². The van der Waals surface area contributed by atoms with Gasteiger partial charge in [-0.1, -0.05) is 59.7 Å². The van der Waals surface area contributed by atoms with E-state index in [4.69, 9.17) is 0 Å². The van der Waals surface area contributed by atoms with Crippen molar-refractivity contribution >= 4 is 23.6 Å². The maximum absolute atomic E-state index is 12.8. The normalized spacial score (nSPS) is 15.9. The fourth-order valence-electron chi connectivity index (χ4n) is 3.19. The van der Waals surface area contributed by atoms with Gasteiger partial charge >= 0.3 is 6.03 Å². The van der Waals surface area contributed by atoms with E-state index in [9.17, 15) is 19.2 Å². The number of Topliss-reactive ketones (excluding diaryl/α,β-unsaturated/α-hetero) is 1. The number of aryl methyl sites for hydroxylation is 2. The summed E-state index contributed by atoms with van der Waals surface area (Å²) in [6.07, 6.45) is -0.0220. The van der Waals surface area contributed by atoms with Gasteiger partial charge in [0, 0.05) is 17.9 Å². The maximum atomic E-state index is 12.8. The van der Waals surface area contributed by atoms with Crippen molar-refractivity contribution < 1.29 is 19.2 Å². The minimum Gasteiger partial charge on any atom is -0.294 e. The van der Waals surface area contributed by atoms with Gasteiger partial charge in [0.15, 0.2) is 5.78 Å². The molecular formula is C21H20N2O4. The molecule has 6 nitrogen and oxygen atoms in total. The predicted octanol–water partition coefficient (Wildman–Crippen LogP) is 2.64. The number of benzene rings is 2. The van der Waals surface area contributed by atoms with Crippen molar-refractivity contribution in [1.29, 1.82) is 0 Å². The first kappa shape index (κ1) is 18.5. The summed E-state index contributed by atoms with van der Waals surface area (Å²) in [5.74, 6) is -3.37. The third-order valence-corrected chi connectivity index (χ3v) is 4.73. The first-order chi connectivity index (χ1) is 12.8. The molecule has 0 saturated carbocycles. The van der Waals surface area contributed by atoms with Crippen LogP contribution in [0.15, 0.2) is 48.5 Å². The molecule has 0 aliphatic carbocycles. The molecule has 0 spiro atoms. The zero-order chi connectivity index (χ0) is 19.6. The smallest absolute Gasteiger partial charge is 0.294 e. The highest BCUT2D eigenvalue weighted by Gasteiger charge is 2.41. The summed E-state index contributed by atoms with van der Waals surface area (Å²) in [5.41, 5.74) is 3.28. The lowest BCUT2D eigenvalue weighted by molar-refractivity contribution is -0.136. The van der Waals surface area contributed by atoms with Crippen LogP contribution in [0, 0.1) is 19.8 Å². The molecule has 0 aromatic heterocycles. The van der Waals surface area contributed by atoms with Gasteiger partial charge in [0.25, 0.3) is 0 Å². The highest BCUT2D eigenvalue weighted by atomic mass is 16.2. The molecule has 1 unspecified atom stereocenters. The average Bonchev–Trinajstić information content (AvgIpc) is 2.61. The molecule has 1 heterocycles. The second-order valence-electron chi connectivity index (χ2n) is 6.80. The van der Waals surface area contributed by atoms with Gasteiger partial charge in [0.05, 0.1) is 0 Å². The van der Waals surface area contributed by atoms with Crippen LogP contribution < -0.4 is 10.6 Å². The minimum absolute atomic E-state index is 0.0220. The Morgan fingerprint density at radius 1 is 0.852 bits per heavy atom. The molecule has 1 saturated heterocycles. The number of carbonyl (C=O) groups is 4. The summed E-state index contributed by atoms with van der Waals surface area (Å²) in [6.45, 7) is 3.85. The fraction of sp³-hybridized carbons (Fsp3) is 0.238. The first-order valence-electron chi connectivity index (χ1n) is 8.67.